The average Bonchev–Trinajstić information content (AvgIpc) is 3.02. The standard InChI is InChI=1S/C21H27N3OS.ClH/c1-21(2,25)13-26-20-23-18-10-6-5-9-17(18)19(24-20)22-16-11-14-7-3-4-8-15(14)12-16;/h3-4,7-8,16,25H,5-6,9-13H2,1-2H3,(H,22,23,24);1H. The fourth-order valence-electron chi connectivity index (χ4n) is 3.85. The topological polar surface area (TPSA) is 58.0 Å². The normalized spacial score (nSPS) is 16.4. The highest BCUT2D eigenvalue weighted by Crippen LogP contribution is 2.31. The number of aryl methyl sites for hydroxylation is 1. The van der Waals surface area contributed by atoms with Crippen LogP contribution in [0.3, 0.4) is 0 Å². The molecule has 2 aliphatic carbocycles. The van der Waals surface area contributed by atoms with Crippen LogP contribution in [-0.2, 0) is 25.7 Å². The van der Waals surface area contributed by atoms with Crippen LogP contribution in [0.25, 0.3) is 0 Å². The second-order valence-electron chi connectivity index (χ2n) is 8.11. The predicted molar refractivity (Wildman–Crippen MR) is 114 cm³/mol. The highest BCUT2D eigenvalue weighted by Gasteiger charge is 2.25. The minimum Gasteiger partial charge on any atom is -0.390 e. The highest BCUT2D eigenvalue weighted by molar-refractivity contribution is 7.99. The number of nitrogens with zero attached hydrogens (tertiary/aromatic N) is 2. The number of halogens is 1. The molecule has 2 N–H and O–H groups in total. The van der Waals surface area contributed by atoms with Crippen LogP contribution >= 0.6 is 24.2 Å². The number of hydrogen-bond acceptors (Lipinski definition) is 5. The Hall–Kier alpha value is -1.30. The third kappa shape index (κ3) is 4.95. The number of anilines is 1. The van der Waals surface area contributed by atoms with Crippen molar-refractivity contribution in [2.24, 2.45) is 0 Å². The van der Waals surface area contributed by atoms with E-state index in [0.29, 0.717) is 11.8 Å². The summed E-state index contributed by atoms with van der Waals surface area (Å²) in [4.78, 5) is 9.64. The van der Waals surface area contributed by atoms with Crippen molar-refractivity contribution >= 4 is 30.0 Å². The molecular weight excluding hydrogens is 378 g/mol. The molecule has 0 amide bonds. The maximum atomic E-state index is 10.0. The van der Waals surface area contributed by atoms with Gasteiger partial charge in [0, 0.05) is 17.4 Å². The number of nitrogens with one attached hydrogen (secondary N) is 1. The van der Waals surface area contributed by atoms with Crippen LogP contribution in [0.2, 0.25) is 0 Å². The van der Waals surface area contributed by atoms with E-state index >= 15 is 0 Å². The Morgan fingerprint density at radius 2 is 1.78 bits per heavy atom. The maximum absolute atomic E-state index is 10.0. The smallest absolute Gasteiger partial charge is 0.189 e. The first kappa shape index (κ1) is 20.4. The molecule has 0 unspecified atom stereocenters. The lowest BCUT2D eigenvalue weighted by atomic mass is 9.96. The third-order valence-electron chi connectivity index (χ3n) is 5.11. The van der Waals surface area contributed by atoms with Gasteiger partial charge in [0.25, 0.3) is 0 Å². The third-order valence-corrected chi connectivity index (χ3v) is 6.40. The first-order valence-corrected chi connectivity index (χ1v) is 10.5. The molecular formula is C21H28ClN3OS. The Bertz CT molecular complexity index is 781. The largest absolute Gasteiger partial charge is 0.390 e. The van der Waals surface area contributed by atoms with Gasteiger partial charge in [0.15, 0.2) is 5.16 Å². The number of aromatic nitrogens is 2. The van der Waals surface area contributed by atoms with E-state index in [1.54, 1.807) is 11.8 Å². The van der Waals surface area contributed by atoms with Crippen LogP contribution in [0.15, 0.2) is 29.4 Å². The second-order valence-corrected chi connectivity index (χ2v) is 9.05. The van der Waals surface area contributed by atoms with Crippen molar-refractivity contribution in [3.63, 3.8) is 0 Å². The molecule has 0 atom stereocenters. The Morgan fingerprint density at radius 1 is 1.11 bits per heavy atom. The van der Waals surface area contributed by atoms with E-state index < -0.39 is 5.60 Å². The van der Waals surface area contributed by atoms with Gasteiger partial charge in [-0.2, -0.15) is 0 Å². The van der Waals surface area contributed by atoms with E-state index in [4.69, 9.17) is 9.97 Å². The monoisotopic (exact) mass is 405 g/mol. The van der Waals surface area contributed by atoms with Crippen LogP contribution in [0.1, 0.15) is 49.1 Å². The van der Waals surface area contributed by atoms with E-state index in [9.17, 15) is 5.11 Å². The fraction of sp³-hybridized carbons (Fsp3) is 0.524. The van der Waals surface area contributed by atoms with Crippen molar-refractivity contribution in [1.29, 1.82) is 0 Å². The van der Waals surface area contributed by atoms with E-state index in [0.717, 1.165) is 36.7 Å². The highest BCUT2D eigenvalue weighted by atomic mass is 35.5. The number of aliphatic hydroxyl groups is 1. The van der Waals surface area contributed by atoms with Gasteiger partial charge in [0.05, 0.1) is 11.3 Å². The number of thioether (sulfide) groups is 1. The van der Waals surface area contributed by atoms with Crippen molar-refractivity contribution in [2.45, 2.75) is 69.2 Å². The SMILES string of the molecule is CC(C)(O)CSc1nc2c(c(NC3Cc4ccccc4C3)n1)CCCC2.Cl. The number of fused-ring (bicyclic) bond motifs is 2. The molecule has 0 spiro atoms. The predicted octanol–water partition coefficient (Wildman–Crippen LogP) is 4.22. The molecule has 27 heavy (non-hydrogen) atoms. The fourth-order valence-corrected chi connectivity index (χ4v) is 4.66. The van der Waals surface area contributed by atoms with Crippen LogP contribution in [0, 0.1) is 0 Å². The molecule has 0 saturated carbocycles. The molecule has 2 aromatic rings. The summed E-state index contributed by atoms with van der Waals surface area (Å²) in [6.07, 6.45) is 6.63. The first-order valence-electron chi connectivity index (χ1n) is 9.56. The lowest BCUT2D eigenvalue weighted by Gasteiger charge is -2.23. The number of rotatable bonds is 5. The van der Waals surface area contributed by atoms with Gasteiger partial charge >= 0.3 is 0 Å². The zero-order valence-electron chi connectivity index (χ0n) is 16.0. The minimum atomic E-state index is -0.718. The molecule has 0 saturated heterocycles. The lowest BCUT2D eigenvalue weighted by molar-refractivity contribution is 0.107. The van der Waals surface area contributed by atoms with Gasteiger partial charge in [-0.25, -0.2) is 9.97 Å². The molecule has 6 heteroatoms. The average molecular weight is 406 g/mol. The minimum absolute atomic E-state index is 0. The van der Waals surface area contributed by atoms with Crippen LogP contribution in [0.5, 0.6) is 0 Å². The molecule has 1 aromatic heterocycles. The van der Waals surface area contributed by atoms with Crippen molar-refractivity contribution in [3.05, 3.63) is 46.6 Å². The molecule has 4 rings (SSSR count). The Kier molecular flexibility index (Phi) is 6.34. The molecule has 0 aliphatic heterocycles. The quantitative estimate of drug-likeness (QED) is 0.576. The summed E-state index contributed by atoms with van der Waals surface area (Å²) in [6, 6.07) is 9.12. The molecule has 1 aromatic carbocycles. The summed E-state index contributed by atoms with van der Waals surface area (Å²) >= 11 is 1.55. The van der Waals surface area contributed by atoms with E-state index in [2.05, 4.69) is 29.6 Å². The van der Waals surface area contributed by atoms with Gasteiger partial charge in [-0.15, -0.1) is 12.4 Å². The zero-order chi connectivity index (χ0) is 18.1. The summed E-state index contributed by atoms with van der Waals surface area (Å²) in [6.45, 7) is 3.65. The summed E-state index contributed by atoms with van der Waals surface area (Å²) in [5, 5.41) is 14.5. The second kappa shape index (κ2) is 8.38. The van der Waals surface area contributed by atoms with Gasteiger partial charge in [-0.1, -0.05) is 36.0 Å². The lowest BCUT2D eigenvalue weighted by Crippen LogP contribution is -2.24. The molecule has 1 heterocycles. The van der Waals surface area contributed by atoms with Crippen molar-refractivity contribution in [1.82, 2.24) is 9.97 Å². The molecule has 146 valence electrons. The van der Waals surface area contributed by atoms with Gasteiger partial charge in [0.1, 0.15) is 5.82 Å². The Labute approximate surface area is 172 Å². The summed E-state index contributed by atoms with van der Waals surface area (Å²) in [5.41, 5.74) is 4.68. The van der Waals surface area contributed by atoms with Crippen LogP contribution in [0.4, 0.5) is 5.82 Å². The first-order chi connectivity index (χ1) is 12.5. The van der Waals surface area contributed by atoms with Crippen molar-refractivity contribution in [3.8, 4) is 0 Å². The van der Waals surface area contributed by atoms with Crippen LogP contribution in [-0.4, -0.2) is 32.5 Å². The van der Waals surface area contributed by atoms with Gasteiger partial charge < -0.3 is 10.4 Å². The number of hydrogen-bond donors (Lipinski definition) is 2. The molecule has 0 bridgehead atoms. The molecule has 0 fully saturated rings. The van der Waals surface area contributed by atoms with E-state index in [-0.39, 0.29) is 12.4 Å². The van der Waals surface area contributed by atoms with Gasteiger partial charge in [-0.3, -0.25) is 0 Å². The van der Waals surface area contributed by atoms with E-state index in [1.165, 1.54) is 35.2 Å². The molecule has 2 aliphatic rings. The van der Waals surface area contributed by atoms with Crippen molar-refractivity contribution < 1.29 is 5.11 Å². The van der Waals surface area contributed by atoms with E-state index in [1.807, 2.05) is 13.8 Å². The van der Waals surface area contributed by atoms with Crippen molar-refractivity contribution in [2.75, 3.05) is 11.1 Å². The molecule has 0 radical (unpaired) electrons. The van der Waals surface area contributed by atoms with Gasteiger partial charge in [0.2, 0.25) is 0 Å². The summed E-state index contributed by atoms with van der Waals surface area (Å²) < 4.78 is 0. The van der Waals surface area contributed by atoms with Gasteiger partial charge in [-0.05, 0) is 63.5 Å². The number of benzene rings is 1. The summed E-state index contributed by atoms with van der Waals surface area (Å²) in [7, 11) is 0. The Balaban J connectivity index is 0.00000210. The summed E-state index contributed by atoms with van der Waals surface area (Å²) in [5.74, 6) is 1.62. The maximum Gasteiger partial charge on any atom is 0.189 e. The zero-order valence-corrected chi connectivity index (χ0v) is 17.6. The molecule has 4 nitrogen and oxygen atoms in total. The Morgan fingerprint density at radius 3 is 2.44 bits per heavy atom. The van der Waals surface area contributed by atoms with Crippen LogP contribution < -0.4 is 5.32 Å².